The molecule has 0 amide bonds. The van der Waals surface area contributed by atoms with Crippen LogP contribution in [0.2, 0.25) is 0 Å². The Labute approximate surface area is 375 Å². The fraction of sp³-hybridized carbons (Fsp3) is 0.327. The van der Waals surface area contributed by atoms with Crippen molar-refractivity contribution in [3.63, 3.8) is 0 Å². The smallest absolute Gasteiger partial charge is 0.309 e. The second-order valence-corrected chi connectivity index (χ2v) is 16.5. The third-order valence-electron chi connectivity index (χ3n) is 13.1. The minimum atomic E-state index is -1.13. The molecular weight excluding hydrogens is 785 g/mol. The maximum atomic E-state index is 13.2. The van der Waals surface area contributed by atoms with E-state index in [0.717, 1.165) is 65.5 Å². The number of carboxylic acids is 1. The minimum absolute atomic E-state index is 0.0106. The lowest BCUT2D eigenvalue weighted by atomic mass is 9.74. The average molecular weight is 851 g/mol. The molecule has 3 atom stereocenters. The molecule has 6 aromatic carbocycles. The molecule has 8 heteroatoms. The molecule has 330 valence electrons. The molecule has 0 aromatic heterocycles. The van der Waals surface area contributed by atoms with Crippen LogP contribution in [0.3, 0.4) is 0 Å². The van der Waals surface area contributed by atoms with Crippen LogP contribution in [-0.4, -0.2) is 61.2 Å². The first-order valence-electron chi connectivity index (χ1n) is 22.3. The van der Waals surface area contributed by atoms with E-state index in [4.69, 9.17) is 19.4 Å². The summed E-state index contributed by atoms with van der Waals surface area (Å²) in [6.07, 6.45) is 4.53. The highest BCUT2D eigenvalue weighted by Crippen LogP contribution is 2.53. The van der Waals surface area contributed by atoms with Crippen molar-refractivity contribution in [1.29, 1.82) is 0 Å². The minimum Gasteiger partial charge on any atom is -0.481 e. The van der Waals surface area contributed by atoms with Gasteiger partial charge in [-0.25, -0.2) is 0 Å². The monoisotopic (exact) mass is 850 g/mol. The number of aliphatic carboxylic acids is 1. The Kier molecular flexibility index (Phi) is 16.2. The van der Waals surface area contributed by atoms with Crippen LogP contribution >= 0.6 is 0 Å². The summed E-state index contributed by atoms with van der Waals surface area (Å²) in [4.78, 5) is 39.9. The third kappa shape index (κ3) is 8.89. The third-order valence-corrected chi connectivity index (χ3v) is 13.1. The summed E-state index contributed by atoms with van der Waals surface area (Å²) in [5.74, 6) is -0.919. The van der Waals surface area contributed by atoms with E-state index in [1.54, 1.807) is 28.4 Å². The number of quaternary nitrogens is 2. The van der Waals surface area contributed by atoms with Crippen molar-refractivity contribution in [2.45, 2.75) is 82.0 Å². The summed E-state index contributed by atoms with van der Waals surface area (Å²) in [6.45, 7) is 4.43. The normalized spacial score (nSPS) is 13.9. The van der Waals surface area contributed by atoms with E-state index in [1.165, 1.54) is 0 Å². The second-order valence-electron chi connectivity index (χ2n) is 16.5. The van der Waals surface area contributed by atoms with Crippen molar-refractivity contribution in [2.24, 2.45) is 5.92 Å². The molecule has 0 aliphatic carbocycles. The molecule has 0 spiro atoms. The van der Waals surface area contributed by atoms with E-state index < -0.39 is 27.9 Å². The van der Waals surface area contributed by atoms with Gasteiger partial charge in [-0.2, -0.15) is 19.4 Å². The van der Waals surface area contributed by atoms with Gasteiger partial charge < -0.3 is 5.11 Å². The van der Waals surface area contributed by atoms with Crippen LogP contribution in [0, 0.1) is 5.92 Å². The molecule has 0 bridgehead atoms. The van der Waals surface area contributed by atoms with Crippen LogP contribution in [0.5, 0.6) is 0 Å². The van der Waals surface area contributed by atoms with E-state index in [1.807, 2.05) is 72.8 Å². The number of carboxylic acid groups (broad SMARTS) is 1. The van der Waals surface area contributed by atoms with Crippen molar-refractivity contribution in [1.82, 2.24) is 0 Å². The Hall–Kier alpha value is -5.45. The Morgan fingerprint density at radius 3 is 1.02 bits per heavy atom. The van der Waals surface area contributed by atoms with Gasteiger partial charge in [0.1, 0.15) is 6.42 Å². The number of nitrogens with zero attached hydrogens (tertiary/aromatic N) is 2. The van der Waals surface area contributed by atoms with E-state index in [9.17, 15) is 9.90 Å². The van der Waals surface area contributed by atoms with Gasteiger partial charge in [-0.1, -0.05) is 202 Å². The zero-order valence-corrected chi connectivity index (χ0v) is 37.9. The maximum absolute atomic E-state index is 13.2. The van der Waals surface area contributed by atoms with E-state index in [-0.39, 0.29) is 23.2 Å². The quantitative estimate of drug-likeness (QED) is 0.0371. The number of benzene rings is 6. The summed E-state index contributed by atoms with van der Waals surface area (Å²) < 4.78 is 0. The van der Waals surface area contributed by atoms with Gasteiger partial charge in [0.15, 0.2) is 12.1 Å². The lowest BCUT2D eigenvalue weighted by molar-refractivity contribution is -1.28. The van der Waals surface area contributed by atoms with Crippen LogP contribution in [0.1, 0.15) is 92.2 Å². The van der Waals surface area contributed by atoms with Crippen LogP contribution in [-0.2, 0) is 35.2 Å². The topological polar surface area (TPSA) is 74.2 Å². The molecule has 0 radical (unpaired) electrons. The zero-order chi connectivity index (χ0) is 44.8. The molecule has 63 heavy (non-hydrogen) atoms. The van der Waals surface area contributed by atoms with Gasteiger partial charge in [-0.3, -0.25) is 4.79 Å². The van der Waals surface area contributed by atoms with Gasteiger partial charge in [0.05, 0.1) is 28.4 Å². The summed E-state index contributed by atoms with van der Waals surface area (Å²) in [7, 11) is 6.79. The van der Waals surface area contributed by atoms with Crippen molar-refractivity contribution >= 4 is 5.97 Å². The van der Waals surface area contributed by atoms with Crippen molar-refractivity contribution < 1.29 is 38.9 Å². The number of unbranched alkanes of at least 4 members (excludes halogenated alkanes) is 1. The highest BCUT2D eigenvalue weighted by Gasteiger charge is 2.65. The first-order valence-corrected chi connectivity index (χ1v) is 22.3. The first-order chi connectivity index (χ1) is 30.7. The van der Waals surface area contributed by atoms with Gasteiger partial charge >= 0.3 is 5.97 Å². The molecule has 1 N–H and O–H groups in total. The van der Waals surface area contributed by atoms with Crippen LogP contribution in [0.4, 0.5) is 0 Å². The lowest BCUT2D eigenvalue weighted by Gasteiger charge is -2.51. The number of carbonyl (C=O) groups is 1. The maximum Gasteiger partial charge on any atom is 0.309 e. The van der Waals surface area contributed by atoms with Gasteiger partial charge in [0.2, 0.25) is 11.1 Å². The summed E-state index contributed by atoms with van der Waals surface area (Å²) in [5, 5.41) is 10.8. The lowest BCUT2D eigenvalue weighted by Crippen LogP contribution is -2.67. The fourth-order valence-electron chi connectivity index (χ4n) is 10.5. The average Bonchev–Trinajstić information content (AvgIpc) is 3.34. The molecule has 8 nitrogen and oxygen atoms in total. The van der Waals surface area contributed by atoms with E-state index >= 15 is 0 Å². The van der Waals surface area contributed by atoms with Crippen molar-refractivity contribution in [3.8, 4) is 0 Å². The molecule has 3 unspecified atom stereocenters. The van der Waals surface area contributed by atoms with E-state index in [2.05, 4.69) is 123 Å². The highest BCUT2D eigenvalue weighted by molar-refractivity contribution is 5.67. The van der Waals surface area contributed by atoms with Crippen LogP contribution < -0.4 is 0 Å². The predicted molar refractivity (Wildman–Crippen MR) is 249 cm³/mol. The summed E-state index contributed by atoms with van der Waals surface area (Å²) >= 11 is 0. The van der Waals surface area contributed by atoms with E-state index in [0.29, 0.717) is 6.42 Å². The van der Waals surface area contributed by atoms with Crippen molar-refractivity contribution in [2.75, 3.05) is 28.4 Å². The fourth-order valence-corrected chi connectivity index (χ4v) is 10.5. The largest absolute Gasteiger partial charge is 0.481 e. The van der Waals surface area contributed by atoms with Gasteiger partial charge in [-0.05, 0) is 28.4 Å². The number of hydrogen-bond acceptors (Lipinski definition) is 5. The second kappa shape index (κ2) is 21.8. The molecule has 0 aliphatic heterocycles. The van der Waals surface area contributed by atoms with Gasteiger partial charge in [-0.15, -0.1) is 0 Å². The Bertz CT molecular complexity index is 2040. The molecular formula is C55H66N2O6+2. The zero-order valence-electron chi connectivity index (χ0n) is 37.9. The van der Waals surface area contributed by atoms with Crippen LogP contribution in [0.15, 0.2) is 182 Å². The Balaban J connectivity index is 1.49. The predicted octanol–water partition coefficient (Wildman–Crippen LogP) is 12.1. The standard InChI is InChI=1S/C55H65N2O6/c1-7-8-39-51(56(60-3,61-4)54(45-27-15-9-16-28-45,46-29-17-10-18-30-46)47-31-19-11-20-32-47)41-40-44(2)42-52(43-53(58)59)57(62-5,63-6)55(48-33-21-12-22-34-48,49-35-23-13-24-36-49)50-37-25-14-26-38-50/h9-38,44,51-52H,7-8,39-43H2,1-6H3/q+1/p+1. The number of hydroxylamine groups is 8. The SMILES string of the molecule is CCCCC(CCC(C)CC(CC(=O)O)[N+](OC)(OC)C(c1ccccc1)(c1ccccc1)c1ccccc1)[N+](OC)(OC)C(c1ccccc1)(c1ccccc1)c1ccccc1. The molecule has 0 saturated carbocycles. The summed E-state index contributed by atoms with van der Waals surface area (Å²) in [5.41, 5.74) is 3.81. The molecule has 0 aliphatic rings. The van der Waals surface area contributed by atoms with Crippen LogP contribution in [0.25, 0.3) is 0 Å². The number of hydrogen-bond donors (Lipinski definition) is 1. The molecule has 0 heterocycles. The molecule has 6 rings (SSSR count). The first kappa shape index (κ1) is 47.0. The number of rotatable bonds is 24. The Morgan fingerprint density at radius 1 is 0.476 bits per heavy atom. The van der Waals surface area contributed by atoms with Crippen molar-refractivity contribution in [3.05, 3.63) is 215 Å². The molecule has 0 saturated heterocycles. The molecule has 6 aromatic rings. The summed E-state index contributed by atoms with van der Waals surface area (Å²) in [6, 6.07) is 61.4. The highest BCUT2D eigenvalue weighted by atomic mass is 17.0. The van der Waals surface area contributed by atoms with Gasteiger partial charge in [0, 0.05) is 52.6 Å². The Morgan fingerprint density at radius 2 is 0.762 bits per heavy atom. The molecule has 0 fully saturated rings. The van der Waals surface area contributed by atoms with Gasteiger partial charge in [0.25, 0.3) is 0 Å².